The van der Waals surface area contributed by atoms with Crippen LogP contribution in [-0.4, -0.2) is 19.1 Å². The van der Waals surface area contributed by atoms with Crippen molar-refractivity contribution in [2.75, 3.05) is 0 Å². The van der Waals surface area contributed by atoms with E-state index in [1.54, 1.807) is 29.4 Å². The van der Waals surface area contributed by atoms with Crippen molar-refractivity contribution in [1.82, 2.24) is 19.1 Å². The van der Waals surface area contributed by atoms with Crippen LogP contribution in [0.3, 0.4) is 0 Å². The molecule has 0 N–H and O–H groups in total. The fraction of sp³-hybridized carbons (Fsp3) is 0.0370. The maximum absolute atomic E-state index is 13.9. The third kappa shape index (κ3) is 3.65. The molecule has 8 heteroatoms. The minimum Gasteiger partial charge on any atom is -0.287 e. The molecule has 0 fully saturated rings. The van der Waals surface area contributed by atoms with Crippen LogP contribution in [0.15, 0.2) is 101 Å². The minimum atomic E-state index is -0.437. The summed E-state index contributed by atoms with van der Waals surface area (Å²) in [6.07, 6.45) is 6.68. The fourth-order valence-corrected chi connectivity index (χ4v) is 5.68. The molecule has 6 aromatic rings. The summed E-state index contributed by atoms with van der Waals surface area (Å²) in [4.78, 5) is 37.0. The Morgan fingerprint density at radius 2 is 1.71 bits per heavy atom. The van der Waals surface area contributed by atoms with Crippen LogP contribution in [0.1, 0.15) is 5.56 Å². The first-order valence-electron chi connectivity index (χ1n) is 10.9. The van der Waals surface area contributed by atoms with E-state index in [9.17, 15) is 9.59 Å². The first-order chi connectivity index (χ1) is 17.1. The Balaban J connectivity index is 1.70. The standard InChI is InChI=1S/C27H17ClN4O2S/c28-21-10-4-3-9-20(21)24-12-22-25(35-24)26(33)32(23-15-30-14-18-7-1-2-8-19(18)23)27(34)31(22)16-17-6-5-11-29-13-17/h1-15H,16H2. The summed E-state index contributed by atoms with van der Waals surface area (Å²) in [5.41, 5.74) is 1.86. The molecule has 0 saturated heterocycles. The lowest BCUT2D eigenvalue weighted by molar-refractivity contribution is 0.715. The Morgan fingerprint density at radius 3 is 2.54 bits per heavy atom. The first kappa shape index (κ1) is 21.5. The molecule has 0 aliphatic rings. The summed E-state index contributed by atoms with van der Waals surface area (Å²) in [6.45, 7) is 0.264. The zero-order valence-corrected chi connectivity index (χ0v) is 19.8. The average Bonchev–Trinajstić information content (AvgIpc) is 3.33. The lowest BCUT2D eigenvalue weighted by atomic mass is 10.1. The molecule has 0 aliphatic heterocycles. The van der Waals surface area contributed by atoms with Gasteiger partial charge in [0.2, 0.25) is 0 Å². The van der Waals surface area contributed by atoms with Crippen molar-refractivity contribution in [2.24, 2.45) is 0 Å². The van der Waals surface area contributed by atoms with Gasteiger partial charge < -0.3 is 0 Å². The van der Waals surface area contributed by atoms with Gasteiger partial charge in [-0.05, 0) is 23.8 Å². The molecule has 0 saturated carbocycles. The van der Waals surface area contributed by atoms with Crippen molar-refractivity contribution < 1.29 is 0 Å². The van der Waals surface area contributed by atoms with Gasteiger partial charge in [0.1, 0.15) is 4.70 Å². The molecule has 0 aliphatic carbocycles. The number of halogens is 1. The number of hydrogen-bond acceptors (Lipinski definition) is 5. The Morgan fingerprint density at radius 1 is 0.886 bits per heavy atom. The number of thiophene rings is 1. The third-order valence-corrected chi connectivity index (χ3v) is 7.39. The number of benzene rings is 2. The van der Waals surface area contributed by atoms with Gasteiger partial charge in [0.25, 0.3) is 5.56 Å². The molecule has 6 rings (SSSR count). The van der Waals surface area contributed by atoms with E-state index < -0.39 is 5.69 Å². The van der Waals surface area contributed by atoms with Crippen molar-refractivity contribution in [2.45, 2.75) is 6.54 Å². The monoisotopic (exact) mass is 496 g/mol. The van der Waals surface area contributed by atoms with Crippen LogP contribution in [-0.2, 0) is 6.54 Å². The van der Waals surface area contributed by atoms with Gasteiger partial charge in [-0.3, -0.25) is 19.3 Å². The predicted octanol–water partition coefficient (Wildman–Crippen LogP) is 5.53. The molecule has 6 nitrogen and oxygen atoms in total. The van der Waals surface area contributed by atoms with E-state index in [-0.39, 0.29) is 12.1 Å². The van der Waals surface area contributed by atoms with E-state index in [1.165, 1.54) is 15.9 Å². The summed E-state index contributed by atoms with van der Waals surface area (Å²) in [5.74, 6) is 0. The second-order valence-corrected chi connectivity index (χ2v) is 9.51. The van der Waals surface area contributed by atoms with Crippen molar-refractivity contribution >= 4 is 43.9 Å². The highest BCUT2D eigenvalue weighted by Gasteiger charge is 2.20. The molecule has 170 valence electrons. The quantitative estimate of drug-likeness (QED) is 0.322. The number of aromatic nitrogens is 4. The molecule has 35 heavy (non-hydrogen) atoms. The van der Waals surface area contributed by atoms with Crippen LogP contribution in [0, 0.1) is 0 Å². The van der Waals surface area contributed by atoms with E-state index in [1.807, 2.05) is 66.7 Å². The Bertz CT molecular complexity index is 1840. The molecule has 4 aromatic heterocycles. The molecule has 4 heterocycles. The average molecular weight is 497 g/mol. The molecule has 0 radical (unpaired) electrons. The second-order valence-electron chi connectivity index (χ2n) is 8.06. The van der Waals surface area contributed by atoms with Crippen LogP contribution in [0.5, 0.6) is 0 Å². The van der Waals surface area contributed by atoms with Crippen LogP contribution in [0.4, 0.5) is 0 Å². The number of pyridine rings is 2. The molecule has 0 unspecified atom stereocenters. The fourth-order valence-electron chi connectivity index (χ4n) is 4.26. The second kappa shape index (κ2) is 8.61. The van der Waals surface area contributed by atoms with Gasteiger partial charge in [-0.15, -0.1) is 11.3 Å². The summed E-state index contributed by atoms with van der Waals surface area (Å²) < 4.78 is 3.31. The van der Waals surface area contributed by atoms with E-state index in [4.69, 9.17) is 11.6 Å². The summed E-state index contributed by atoms with van der Waals surface area (Å²) in [7, 11) is 0. The molecule has 0 bridgehead atoms. The summed E-state index contributed by atoms with van der Waals surface area (Å²) in [5, 5.41) is 2.20. The number of nitrogens with zero attached hydrogens (tertiary/aromatic N) is 4. The molecular formula is C27H17ClN4O2S. The van der Waals surface area contributed by atoms with Gasteiger partial charge in [-0.1, -0.05) is 60.1 Å². The number of hydrogen-bond donors (Lipinski definition) is 0. The summed E-state index contributed by atoms with van der Waals surface area (Å²) >= 11 is 7.78. The van der Waals surface area contributed by atoms with Crippen LogP contribution >= 0.6 is 22.9 Å². The third-order valence-electron chi connectivity index (χ3n) is 5.91. The van der Waals surface area contributed by atoms with E-state index in [0.29, 0.717) is 20.9 Å². The highest BCUT2D eigenvalue weighted by Crippen LogP contribution is 2.35. The van der Waals surface area contributed by atoms with Gasteiger partial charge in [-0.2, -0.15) is 0 Å². The maximum atomic E-state index is 13.9. The maximum Gasteiger partial charge on any atom is 0.336 e. The highest BCUT2D eigenvalue weighted by atomic mass is 35.5. The molecular weight excluding hydrogens is 480 g/mol. The molecule has 0 amide bonds. The topological polar surface area (TPSA) is 69.8 Å². The van der Waals surface area contributed by atoms with Crippen molar-refractivity contribution in [3.05, 3.63) is 123 Å². The van der Waals surface area contributed by atoms with E-state index >= 15 is 0 Å². The SMILES string of the molecule is O=c1c2sc(-c3ccccc3Cl)cc2n(Cc2cccnc2)c(=O)n1-c1cncc2ccccc12. The van der Waals surface area contributed by atoms with Crippen molar-refractivity contribution in [3.8, 4) is 16.1 Å². The Labute approximate surface area is 208 Å². The van der Waals surface area contributed by atoms with E-state index in [2.05, 4.69) is 9.97 Å². The van der Waals surface area contributed by atoms with Gasteiger partial charge >= 0.3 is 5.69 Å². The number of rotatable bonds is 4. The molecule has 0 atom stereocenters. The predicted molar refractivity (Wildman–Crippen MR) is 141 cm³/mol. The smallest absolute Gasteiger partial charge is 0.287 e. The lowest BCUT2D eigenvalue weighted by Crippen LogP contribution is -2.38. The first-order valence-corrected chi connectivity index (χ1v) is 12.1. The molecule has 0 spiro atoms. The largest absolute Gasteiger partial charge is 0.336 e. The van der Waals surface area contributed by atoms with Gasteiger partial charge in [0.15, 0.2) is 0 Å². The lowest BCUT2D eigenvalue weighted by Gasteiger charge is -2.13. The van der Waals surface area contributed by atoms with Gasteiger partial charge in [0.05, 0.1) is 23.9 Å². The van der Waals surface area contributed by atoms with Crippen LogP contribution in [0.25, 0.3) is 37.1 Å². The van der Waals surface area contributed by atoms with E-state index in [0.717, 1.165) is 26.8 Å². The summed E-state index contributed by atoms with van der Waals surface area (Å²) in [6, 6.07) is 20.6. The Kier molecular flexibility index (Phi) is 5.28. The van der Waals surface area contributed by atoms with Crippen LogP contribution < -0.4 is 11.2 Å². The van der Waals surface area contributed by atoms with Gasteiger partial charge in [0, 0.05) is 44.8 Å². The zero-order valence-electron chi connectivity index (χ0n) is 18.3. The van der Waals surface area contributed by atoms with Crippen LogP contribution in [0.2, 0.25) is 5.02 Å². The van der Waals surface area contributed by atoms with Crippen molar-refractivity contribution in [1.29, 1.82) is 0 Å². The zero-order chi connectivity index (χ0) is 23.9. The van der Waals surface area contributed by atoms with Crippen molar-refractivity contribution in [3.63, 3.8) is 0 Å². The highest BCUT2D eigenvalue weighted by molar-refractivity contribution is 7.22. The number of fused-ring (bicyclic) bond motifs is 2. The normalized spacial score (nSPS) is 11.3. The molecule has 2 aromatic carbocycles. The minimum absolute atomic E-state index is 0.264. The van der Waals surface area contributed by atoms with Gasteiger partial charge in [-0.25, -0.2) is 9.36 Å². The Hall–Kier alpha value is -4.07.